The standard InChI is InChI=1S/C26H44N6/c1-6-10-12-21(8-3)18-27-24-30-25(28-19-22(9-4)13-11-7-2)32-26(31-24)29-23-16-14-20(5)15-17-23/h14-17,21-22H,6-13,18-19H2,1-5H3,(H3,27,28,29,30,31,32). The molecule has 2 aromatic rings. The van der Waals surface area contributed by atoms with Gasteiger partial charge in [-0.25, -0.2) is 0 Å². The van der Waals surface area contributed by atoms with E-state index in [4.69, 9.17) is 0 Å². The Morgan fingerprint density at radius 3 is 1.59 bits per heavy atom. The number of unbranched alkanes of at least 4 members (excludes halogenated alkanes) is 2. The summed E-state index contributed by atoms with van der Waals surface area (Å²) >= 11 is 0. The van der Waals surface area contributed by atoms with Gasteiger partial charge in [-0.15, -0.1) is 0 Å². The molecule has 0 bridgehead atoms. The highest BCUT2D eigenvalue weighted by Gasteiger charge is 2.12. The highest BCUT2D eigenvalue weighted by molar-refractivity contribution is 5.56. The molecule has 0 aliphatic heterocycles. The number of aromatic nitrogens is 3. The molecule has 6 nitrogen and oxygen atoms in total. The zero-order chi connectivity index (χ0) is 23.2. The van der Waals surface area contributed by atoms with Crippen LogP contribution >= 0.6 is 0 Å². The highest BCUT2D eigenvalue weighted by atomic mass is 15.3. The normalized spacial score (nSPS) is 12.9. The lowest BCUT2D eigenvalue weighted by molar-refractivity contribution is 0.470. The van der Waals surface area contributed by atoms with Gasteiger partial charge in [0, 0.05) is 18.8 Å². The third-order valence-corrected chi connectivity index (χ3v) is 6.13. The molecular weight excluding hydrogens is 396 g/mol. The lowest BCUT2D eigenvalue weighted by Crippen LogP contribution is -2.19. The second-order valence-corrected chi connectivity index (χ2v) is 8.89. The molecule has 6 heteroatoms. The number of anilines is 4. The summed E-state index contributed by atoms with van der Waals surface area (Å²) in [6.07, 6.45) is 9.79. The molecule has 1 aromatic heterocycles. The second kappa shape index (κ2) is 14.6. The minimum Gasteiger partial charge on any atom is -0.354 e. The Balaban J connectivity index is 2.13. The van der Waals surface area contributed by atoms with E-state index in [-0.39, 0.29) is 0 Å². The molecular formula is C26H44N6. The van der Waals surface area contributed by atoms with E-state index in [2.05, 4.69) is 89.8 Å². The van der Waals surface area contributed by atoms with Gasteiger partial charge < -0.3 is 16.0 Å². The van der Waals surface area contributed by atoms with Gasteiger partial charge in [-0.2, -0.15) is 15.0 Å². The van der Waals surface area contributed by atoms with Gasteiger partial charge >= 0.3 is 0 Å². The van der Waals surface area contributed by atoms with Crippen LogP contribution in [0, 0.1) is 18.8 Å². The molecule has 0 spiro atoms. The molecule has 3 N–H and O–H groups in total. The fourth-order valence-corrected chi connectivity index (χ4v) is 3.71. The van der Waals surface area contributed by atoms with Gasteiger partial charge in [0.1, 0.15) is 0 Å². The lowest BCUT2D eigenvalue weighted by Gasteiger charge is -2.18. The van der Waals surface area contributed by atoms with Gasteiger partial charge in [0.2, 0.25) is 17.8 Å². The van der Waals surface area contributed by atoms with Gasteiger partial charge in [0.25, 0.3) is 0 Å². The predicted molar refractivity (Wildman–Crippen MR) is 138 cm³/mol. The molecule has 2 unspecified atom stereocenters. The minimum absolute atomic E-state index is 0.567. The number of nitrogens with zero attached hydrogens (tertiary/aromatic N) is 3. The van der Waals surface area contributed by atoms with Crippen LogP contribution in [0.5, 0.6) is 0 Å². The first kappa shape index (κ1) is 25.9. The molecule has 0 saturated heterocycles. The Labute approximate surface area is 195 Å². The van der Waals surface area contributed by atoms with Crippen LogP contribution in [0.25, 0.3) is 0 Å². The van der Waals surface area contributed by atoms with Crippen molar-refractivity contribution in [1.82, 2.24) is 15.0 Å². The first-order valence-corrected chi connectivity index (χ1v) is 12.6. The predicted octanol–water partition coefficient (Wildman–Crippen LogP) is 7.18. The van der Waals surface area contributed by atoms with E-state index in [0.29, 0.717) is 29.7 Å². The Morgan fingerprint density at radius 1 is 0.688 bits per heavy atom. The van der Waals surface area contributed by atoms with Crippen molar-refractivity contribution in [2.24, 2.45) is 11.8 Å². The lowest BCUT2D eigenvalue weighted by atomic mass is 9.99. The van der Waals surface area contributed by atoms with E-state index in [1.807, 2.05) is 0 Å². The van der Waals surface area contributed by atoms with Crippen molar-refractivity contribution < 1.29 is 0 Å². The molecule has 0 aliphatic carbocycles. The molecule has 0 amide bonds. The van der Waals surface area contributed by atoms with E-state index in [1.54, 1.807) is 0 Å². The summed E-state index contributed by atoms with van der Waals surface area (Å²) in [4.78, 5) is 14.0. The summed E-state index contributed by atoms with van der Waals surface area (Å²) in [6.45, 7) is 12.9. The van der Waals surface area contributed by atoms with E-state index in [9.17, 15) is 0 Å². The van der Waals surface area contributed by atoms with Crippen molar-refractivity contribution in [1.29, 1.82) is 0 Å². The topological polar surface area (TPSA) is 74.8 Å². The van der Waals surface area contributed by atoms with Crippen LogP contribution in [-0.4, -0.2) is 28.0 Å². The average Bonchev–Trinajstić information content (AvgIpc) is 2.81. The van der Waals surface area contributed by atoms with Gasteiger partial charge in [-0.05, 0) is 43.7 Å². The smallest absolute Gasteiger partial charge is 0.233 e. The largest absolute Gasteiger partial charge is 0.354 e. The van der Waals surface area contributed by atoms with Crippen LogP contribution in [-0.2, 0) is 0 Å². The maximum Gasteiger partial charge on any atom is 0.233 e. The Morgan fingerprint density at radius 2 is 1.16 bits per heavy atom. The van der Waals surface area contributed by atoms with Gasteiger partial charge in [0.05, 0.1) is 0 Å². The summed E-state index contributed by atoms with van der Waals surface area (Å²) in [7, 11) is 0. The van der Waals surface area contributed by atoms with Gasteiger partial charge in [-0.3, -0.25) is 0 Å². The molecule has 32 heavy (non-hydrogen) atoms. The van der Waals surface area contributed by atoms with Crippen molar-refractivity contribution >= 4 is 23.5 Å². The number of benzene rings is 1. The molecule has 0 fully saturated rings. The minimum atomic E-state index is 0.567. The monoisotopic (exact) mass is 440 g/mol. The Hall–Kier alpha value is -2.37. The van der Waals surface area contributed by atoms with Gasteiger partial charge in [-0.1, -0.05) is 83.9 Å². The van der Waals surface area contributed by atoms with E-state index in [0.717, 1.165) is 31.6 Å². The van der Waals surface area contributed by atoms with E-state index >= 15 is 0 Å². The second-order valence-electron chi connectivity index (χ2n) is 8.89. The molecule has 2 rings (SSSR count). The maximum atomic E-state index is 4.68. The first-order chi connectivity index (χ1) is 15.6. The summed E-state index contributed by atoms with van der Waals surface area (Å²) in [6, 6.07) is 8.27. The van der Waals surface area contributed by atoms with E-state index in [1.165, 1.54) is 44.1 Å². The molecule has 1 heterocycles. The third kappa shape index (κ3) is 9.41. The number of aryl methyl sites for hydroxylation is 1. The van der Waals surface area contributed by atoms with Crippen molar-refractivity contribution in [2.75, 3.05) is 29.0 Å². The van der Waals surface area contributed by atoms with Crippen molar-refractivity contribution in [3.05, 3.63) is 29.8 Å². The van der Waals surface area contributed by atoms with Gasteiger partial charge in [0.15, 0.2) is 0 Å². The summed E-state index contributed by atoms with van der Waals surface area (Å²) in [5.74, 6) is 3.10. The zero-order valence-corrected chi connectivity index (χ0v) is 20.9. The molecule has 2 atom stereocenters. The molecule has 178 valence electrons. The SMILES string of the molecule is CCCCC(CC)CNc1nc(NCC(CC)CCCC)nc(Nc2ccc(C)cc2)n1. The van der Waals surface area contributed by atoms with Crippen molar-refractivity contribution in [3.63, 3.8) is 0 Å². The number of hydrogen-bond donors (Lipinski definition) is 3. The van der Waals surface area contributed by atoms with Crippen LogP contribution in [0.2, 0.25) is 0 Å². The van der Waals surface area contributed by atoms with Crippen LogP contribution < -0.4 is 16.0 Å². The molecule has 0 radical (unpaired) electrons. The molecule has 0 saturated carbocycles. The van der Waals surface area contributed by atoms with Crippen molar-refractivity contribution in [2.45, 2.75) is 86.0 Å². The third-order valence-electron chi connectivity index (χ3n) is 6.13. The molecule has 1 aromatic carbocycles. The molecule has 0 aliphatic rings. The number of hydrogen-bond acceptors (Lipinski definition) is 6. The summed E-state index contributed by atoms with van der Waals surface area (Å²) in [5, 5.41) is 10.3. The fraction of sp³-hybridized carbons (Fsp3) is 0.654. The Bertz CT molecular complexity index is 723. The van der Waals surface area contributed by atoms with Crippen LogP contribution in [0.15, 0.2) is 24.3 Å². The number of nitrogens with one attached hydrogen (secondary N) is 3. The van der Waals surface area contributed by atoms with Crippen LogP contribution in [0.4, 0.5) is 23.5 Å². The first-order valence-electron chi connectivity index (χ1n) is 12.6. The summed E-state index contributed by atoms with van der Waals surface area (Å²) in [5.41, 5.74) is 2.20. The van der Waals surface area contributed by atoms with Crippen LogP contribution in [0.3, 0.4) is 0 Å². The zero-order valence-electron chi connectivity index (χ0n) is 20.9. The van der Waals surface area contributed by atoms with E-state index < -0.39 is 0 Å². The quantitative estimate of drug-likeness (QED) is 0.257. The average molecular weight is 441 g/mol. The maximum absolute atomic E-state index is 4.68. The van der Waals surface area contributed by atoms with Crippen LogP contribution in [0.1, 0.15) is 84.6 Å². The highest BCUT2D eigenvalue weighted by Crippen LogP contribution is 2.19. The number of rotatable bonds is 16. The van der Waals surface area contributed by atoms with Crippen molar-refractivity contribution in [3.8, 4) is 0 Å². The fourth-order valence-electron chi connectivity index (χ4n) is 3.71. The Kier molecular flexibility index (Phi) is 11.8. The summed E-state index contributed by atoms with van der Waals surface area (Å²) < 4.78 is 0.